The van der Waals surface area contributed by atoms with Crippen LogP contribution in [0.2, 0.25) is 0 Å². The molecule has 0 spiro atoms. The Hall–Kier alpha value is -0.120. The molecule has 16 heavy (non-hydrogen) atoms. The molecule has 1 unspecified atom stereocenters. The van der Waals surface area contributed by atoms with Crippen LogP contribution in [-0.2, 0) is 4.74 Å². The molecule has 2 aliphatic rings. The van der Waals surface area contributed by atoms with Crippen LogP contribution in [0.25, 0.3) is 0 Å². The molecule has 0 aromatic carbocycles. The van der Waals surface area contributed by atoms with E-state index in [4.69, 9.17) is 4.74 Å². The van der Waals surface area contributed by atoms with Crippen molar-refractivity contribution < 1.29 is 4.74 Å². The van der Waals surface area contributed by atoms with Crippen molar-refractivity contribution in [3.8, 4) is 0 Å². The van der Waals surface area contributed by atoms with Crippen LogP contribution in [0, 0.1) is 5.92 Å². The molecule has 0 saturated carbocycles. The Morgan fingerprint density at radius 1 is 1.44 bits per heavy atom. The fourth-order valence-electron chi connectivity index (χ4n) is 2.79. The topological polar surface area (TPSA) is 24.5 Å². The summed E-state index contributed by atoms with van der Waals surface area (Å²) < 4.78 is 5.43. The summed E-state index contributed by atoms with van der Waals surface area (Å²) in [5.74, 6) is 0.819. The van der Waals surface area contributed by atoms with Crippen LogP contribution in [0.3, 0.4) is 0 Å². The molecule has 0 aromatic heterocycles. The second kappa shape index (κ2) is 5.48. The van der Waals surface area contributed by atoms with Crippen LogP contribution < -0.4 is 5.32 Å². The van der Waals surface area contributed by atoms with Crippen LogP contribution in [-0.4, -0.2) is 49.8 Å². The van der Waals surface area contributed by atoms with Gasteiger partial charge in [-0.3, -0.25) is 0 Å². The number of rotatable bonds is 3. The van der Waals surface area contributed by atoms with Crippen molar-refractivity contribution in [1.29, 1.82) is 0 Å². The van der Waals surface area contributed by atoms with Crippen molar-refractivity contribution in [1.82, 2.24) is 10.2 Å². The highest BCUT2D eigenvalue weighted by molar-refractivity contribution is 4.85. The maximum Gasteiger partial charge on any atom is 0.0495 e. The van der Waals surface area contributed by atoms with E-state index >= 15 is 0 Å². The van der Waals surface area contributed by atoms with E-state index in [0.717, 1.165) is 25.7 Å². The molecule has 3 nitrogen and oxygen atoms in total. The Kier molecular flexibility index (Phi) is 4.22. The standard InChI is InChI=1S/C13H26N2O/c1-13(2)11-15(7-3-6-14-13)8-4-12-5-9-16-10-12/h12,14H,3-11H2,1-2H3. The average Bonchev–Trinajstić information content (AvgIpc) is 2.67. The first-order valence-corrected chi connectivity index (χ1v) is 6.71. The zero-order chi connectivity index (χ0) is 11.4. The zero-order valence-electron chi connectivity index (χ0n) is 10.8. The number of hydrogen-bond acceptors (Lipinski definition) is 3. The number of hydrogen-bond donors (Lipinski definition) is 1. The lowest BCUT2D eigenvalue weighted by molar-refractivity contribution is 0.174. The molecular formula is C13H26N2O. The highest BCUT2D eigenvalue weighted by atomic mass is 16.5. The van der Waals surface area contributed by atoms with Gasteiger partial charge in [0.05, 0.1) is 0 Å². The van der Waals surface area contributed by atoms with Crippen molar-refractivity contribution in [2.45, 2.75) is 38.6 Å². The highest BCUT2D eigenvalue weighted by Crippen LogP contribution is 2.18. The third kappa shape index (κ3) is 3.72. The largest absolute Gasteiger partial charge is 0.381 e. The molecule has 1 atom stereocenters. The van der Waals surface area contributed by atoms with Gasteiger partial charge >= 0.3 is 0 Å². The quantitative estimate of drug-likeness (QED) is 0.789. The zero-order valence-corrected chi connectivity index (χ0v) is 10.8. The van der Waals surface area contributed by atoms with E-state index < -0.39 is 0 Å². The third-order valence-electron chi connectivity index (χ3n) is 3.75. The molecule has 0 radical (unpaired) electrons. The maximum atomic E-state index is 5.43. The fraction of sp³-hybridized carbons (Fsp3) is 1.00. The monoisotopic (exact) mass is 226 g/mol. The summed E-state index contributed by atoms with van der Waals surface area (Å²) in [7, 11) is 0. The summed E-state index contributed by atoms with van der Waals surface area (Å²) >= 11 is 0. The Morgan fingerprint density at radius 2 is 2.31 bits per heavy atom. The van der Waals surface area contributed by atoms with Gasteiger partial charge in [0.25, 0.3) is 0 Å². The van der Waals surface area contributed by atoms with Gasteiger partial charge in [-0.15, -0.1) is 0 Å². The average molecular weight is 226 g/mol. The van der Waals surface area contributed by atoms with Crippen LogP contribution >= 0.6 is 0 Å². The minimum atomic E-state index is 0.280. The molecule has 0 bridgehead atoms. The second-order valence-electron chi connectivity index (χ2n) is 5.96. The molecule has 2 saturated heterocycles. The van der Waals surface area contributed by atoms with Crippen molar-refractivity contribution in [3.05, 3.63) is 0 Å². The van der Waals surface area contributed by atoms with Gasteiger partial charge < -0.3 is 15.0 Å². The van der Waals surface area contributed by atoms with Gasteiger partial charge in [0, 0.05) is 25.3 Å². The van der Waals surface area contributed by atoms with Gasteiger partial charge in [0.1, 0.15) is 0 Å². The van der Waals surface area contributed by atoms with E-state index in [2.05, 4.69) is 24.1 Å². The van der Waals surface area contributed by atoms with Gasteiger partial charge in [0.15, 0.2) is 0 Å². The highest BCUT2D eigenvalue weighted by Gasteiger charge is 2.24. The number of nitrogens with one attached hydrogen (secondary N) is 1. The van der Waals surface area contributed by atoms with Crippen molar-refractivity contribution in [2.24, 2.45) is 5.92 Å². The fourth-order valence-corrected chi connectivity index (χ4v) is 2.79. The van der Waals surface area contributed by atoms with E-state index in [-0.39, 0.29) is 5.54 Å². The molecule has 2 heterocycles. The van der Waals surface area contributed by atoms with Gasteiger partial charge in [-0.2, -0.15) is 0 Å². The van der Waals surface area contributed by atoms with Crippen molar-refractivity contribution in [3.63, 3.8) is 0 Å². The Balaban J connectivity index is 1.74. The molecule has 94 valence electrons. The summed E-state index contributed by atoms with van der Waals surface area (Å²) in [4.78, 5) is 2.62. The first-order valence-electron chi connectivity index (χ1n) is 6.71. The van der Waals surface area contributed by atoms with E-state index in [1.54, 1.807) is 0 Å². The molecular weight excluding hydrogens is 200 g/mol. The molecule has 2 rings (SSSR count). The third-order valence-corrected chi connectivity index (χ3v) is 3.75. The van der Waals surface area contributed by atoms with E-state index in [1.807, 2.05) is 0 Å². The van der Waals surface area contributed by atoms with Crippen LogP contribution in [0.15, 0.2) is 0 Å². The van der Waals surface area contributed by atoms with Crippen LogP contribution in [0.4, 0.5) is 0 Å². The molecule has 2 fully saturated rings. The van der Waals surface area contributed by atoms with Gasteiger partial charge in [-0.1, -0.05) is 0 Å². The molecule has 2 aliphatic heterocycles. The summed E-state index contributed by atoms with van der Waals surface area (Å²) in [6.07, 6.45) is 3.87. The SMILES string of the molecule is CC1(C)CN(CCC2CCOC2)CCCN1. The normalized spacial score (nSPS) is 31.5. The van der Waals surface area contributed by atoms with Crippen molar-refractivity contribution >= 4 is 0 Å². The lowest BCUT2D eigenvalue weighted by Gasteiger charge is -2.30. The first-order chi connectivity index (χ1) is 7.66. The van der Waals surface area contributed by atoms with E-state index in [9.17, 15) is 0 Å². The summed E-state index contributed by atoms with van der Waals surface area (Å²) in [6, 6.07) is 0. The minimum absolute atomic E-state index is 0.280. The summed E-state index contributed by atoms with van der Waals surface area (Å²) in [6.45, 7) is 11.4. The number of nitrogens with zero attached hydrogens (tertiary/aromatic N) is 1. The Morgan fingerprint density at radius 3 is 3.06 bits per heavy atom. The van der Waals surface area contributed by atoms with E-state index in [1.165, 1.54) is 38.9 Å². The van der Waals surface area contributed by atoms with Gasteiger partial charge in [0.2, 0.25) is 0 Å². The molecule has 1 N–H and O–H groups in total. The Labute approximate surface area is 99.5 Å². The maximum absolute atomic E-state index is 5.43. The summed E-state index contributed by atoms with van der Waals surface area (Å²) in [5.41, 5.74) is 0.280. The van der Waals surface area contributed by atoms with Crippen LogP contribution in [0.1, 0.15) is 33.1 Å². The van der Waals surface area contributed by atoms with Crippen LogP contribution in [0.5, 0.6) is 0 Å². The predicted octanol–water partition coefficient (Wildman–Crippen LogP) is 1.49. The number of ether oxygens (including phenoxy) is 1. The second-order valence-corrected chi connectivity index (χ2v) is 5.96. The Bertz CT molecular complexity index is 212. The van der Waals surface area contributed by atoms with E-state index in [0.29, 0.717) is 0 Å². The molecule has 0 aromatic rings. The first kappa shape index (κ1) is 12.3. The predicted molar refractivity (Wildman–Crippen MR) is 66.7 cm³/mol. The van der Waals surface area contributed by atoms with Gasteiger partial charge in [-0.25, -0.2) is 0 Å². The summed E-state index contributed by atoms with van der Waals surface area (Å²) in [5, 5.41) is 3.61. The van der Waals surface area contributed by atoms with Crippen molar-refractivity contribution in [2.75, 3.05) is 39.4 Å². The molecule has 3 heteroatoms. The van der Waals surface area contributed by atoms with Gasteiger partial charge in [-0.05, 0) is 58.7 Å². The molecule has 0 aliphatic carbocycles. The lowest BCUT2D eigenvalue weighted by Crippen LogP contribution is -2.46. The minimum Gasteiger partial charge on any atom is -0.381 e. The lowest BCUT2D eigenvalue weighted by atomic mass is 10.0. The molecule has 0 amide bonds. The smallest absolute Gasteiger partial charge is 0.0495 e.